The van der Waals surface area contributed by atoms with Crippen LogP contribution >= 0.6 is 0 Å². The maximum atomic E-state index is 12.3. The second-order valence-electron chi connectivity index (χ2n) is 7.13. The van der Waals surface area contributed by atoms with Crippen LogP contribution in [0.3, 0.4) is 0 Å². The lowest BCUT2D eigenvalue weighted by molar-refractivity contribution is -0.140. The highest BCUT2D eigenvalue weighted by atomic mass is 32.2. The molecule has 4 rings (SSSR count). The standard InChI is InChI=1S/C19H22N4O4S/c1-19(8-10-27-19)14-4-2-5-15(12-14)21-18(24)22-17-7-6-16(13-20-17)23-9-3-11-28(23,25)26/h2,4-7,12-13H,3,8-11H2,1H3,(H2,20,21,22,24). The van der Waals surface area contributed by atoms with E-state index in [4.69, 9.17) is 4.74 Å². The molecule has 3 heterocycles. The van der Waals surface area contributed by atoms with Gasteiger partial charge in [0.2, 0.25) is 10.0 Å². The van der Waals surface area contributed by atoms with E-state index >= 15 is 0 Å². The Kier molecular flexibility index (Phi) is 4.72. The first kappa shape index (κ1) is 18.7. The van der Waals surface area contributed by atoms with E-state index in [-0.39, 0.29) is 11.4 Å². The van der Waals surface area contributed by atoms with Crippen LogP contribution in [0.2, 0.25) is 0 Å². The summed E-state index contributed by atoms with van der Waals surface area (Å²) in [6.45, 7) is 3.23. The molecule has 2 aromatic rings. The minimum absolute atomic E-state index is 0.151. The van der Waals surface area contributed by atoms with E-state index in [1.807, 2.05) is 25.1 Å². The van der Waals surface area contributed by atoms with Gasteiger partial charge in [-0.2, -0.15) is 0 Å². The average Bonchev–Trinajstić information content (AvgIpc) is 2.99. The molecule has 1 atom stereocenters. The summed E-state index contributed by atoms with van der Waals surface area (Å²) in [5.41, 5.74) is 1.89. The summed E-state index contributed by atoms with van der Waals surface area (Å²) in [4.78, 5) is 16.4. The number of nitrogens with one attached hydrogen (secondary N) is 2. The number of urea groups is 1. The first-order chi connectivity index (χ1) is 13.4. The molecule has 1 aromatic heterocycles. The number of amides is 2. The third kappa shape index (κ3) is 3.67. The molecular weight excluding hydrogens is 380 g/mol. The van der Waals surface area contributed by atoms with Gasteiger partial charge in [0.15, 0.2) is 0 Å². The van der Waals surface area contributed by atoms with Gasteiger partial charge >= 0.3 is 6.03 Å². The molecular formula is C19H22N4O4S. The van der Waals surface area contributed by atoms with Crippen LogP contribution in [0, 0.1) is 0 Å². The number of hydrogen-bond acceptors (Lipinski definition) is 5. The Morgan fingerprint density at radius 1 is 1.25 bits per heavy atom. The smallest absolute Gasteiger partial charge is 0.324 e. The molecule has 0 radical (unpaired) electrons. The van der Waals surface area contributed by atoms with Crippen molar-refractivity contribution in [3.63, 3.8) is 0 Å². The van der Waals surface area contributed by atoms with Crippen molar-refractivity contribution < 1.29 is 17.9 Å². The molecule has 2 aliphatic heterocycles. The minimum atomic E-state index is -3.25. The van der Waals surface area contributed by atoms with E-state index in [1.165, 1.54) is 10.5 Å². The van der Waals surface area contributed by atoms with Crippen molar-refractivity contribution in [2.75, 3.05) is 33.8 Å². The Balaban J connectivity index is 1.40. The third-order valence-corrected chi connectivity index (χ3v) is 6.98. The predicted molar refractivity (Wildman–Crippen MR) is 107 cm³/mol. The topological polar surface area (TPSA) is 101 Å². The van der Waals surface area contributed by atoms with Crippen molar-refractivity contribution in [3.05, 3.63) is 48.2 Å². The number of anilines is 3. The summed E-state index contributed by atoms with van der Waals surface area (Å²) in [6.07, 6.45) is 3.01. The molecule has 9 heteroatoms. The van der Waals surface area contributed by atoms with Crippen LogP contribution in [0.1, 0.15) is 25.3 Å². The van der Waals surface area contributed by atoms with Crippen LogP contribution in [0.5, 0.6) is 0 Å². The van der Waals surface area contributed by atoms with Gasteiger partial charge in [-0.1, -0.05) is 12.1 Å². The van der Waals surface area contributed by atoms with E-state index < -0.39 is 16.1 Å². The van der Waals surface area contributed by atoms with Gasteiger partial charge in [0.1, 0.15) is 5.82 Å². The van der Waals surface area contributed by atoms with Gasteiger partial charge in [-0.3, -0.25) is 9.62 Å². The number of carbonyl (C=O) groups excluding carboxylic acids is 1. The predicted octanol–water partition coefficient (Wildman–Crippen LogP) is 2.90. The maximum absolute atomic E-state index is 12.3. The SMILES string of the molecule is CC1(c2cccc(NC(=O)Nc3ccc(N4CCCS4(=O)=O)cn3)c2)CCO1. The lowest BCUT2D eigenvalue weighted by Crippen LogP contribution is -2.37. The number of nitrogens with zero attached hydrogens (tertiary/aromatic N) is 2. The lowest BCUT2D eigenvalue weighted by atomic mass is 9.88. The van der Waals surface area contributed by atoms with Gasteiger partial charge in [-0.15, -0.1) is 0 Å². The number of sulfonamides is 1. The second-order valence-corrected chi connectivity index (χ2v) is 9.15. The van der Waals surface area contributed by atoms with E-state index in [0.717, 1.165) is 18.6 Å². The molecule has 0 bridgehead atoms. The zero-order chi connectivity index (χ0) is 19.8. The van der Waals surface area contributed by atoms with Crippen molar-refractivity contribution in [1.82, 2.24) is 4.98 Å². The number of hydrogen-bond donors (Lipinski definition) is 2. The van der Waals surface area contributed by atoms with Gasteiger partial charge in [-0.05, 0) is 43.2 Å². The monoisotopic (exact) mass is 402 g/mol. The van der Waals surface area contributed by atoms with E-state index in [9.17, 15) is 13.2 Å². The number of aromatic nitrogens is 1. The third-order valence-electron chi connectivity index (χ3n) is 5.11. The molecule has 0 saturated carbocycles. The van der Waals surface area contributed by atoms with Crippen LogP contribution in [-0.4, -0.2) is 38.3 Å². The summed E-state index contributed by atoms with van der Waals surface area (Å²) in [6, 6.07) is 10.4. The molecule has 0 aliphatic carbocycles. The quantitative estimate of drug-likeness (QED) is 0.819. The Morgan fingerprint density at radius 2 is 2.07 bits per heavy atom. The Bertz CT molecular complexity index is 987. The molecule has 1 unspecified atom stereocenters. The van der Waals surface area contributed by atoms with E-state index in [1.54, 1.807) is 18.2 Å². The van der Waals surface area contributed by atoms with Crippen LogP contribution < -0.4 is 14.9 Å². The molecule has 2 fully saturated rings. The van der Waals surface area contributed by atoms with Crippen LogP contribution in [0.25, 0.3) is 0 Å². The molecule has 28 heavy (non-hydrogen) atoms. The number of carbonyl (C=O) groups is 1. The normalized spacial score (nSPS) is 23.1. The highest BCUT2D eigenvalue weighted by Gasteiger charge is 2.35. The number of benzene rings is 1. The largest absolute Gasteiger partial charge is 0.370 e. The van der Waals surface area contributed by atoms with Gasteiger partial charge in [0, 0.05) is 18.7 Å². The summed E-state index contributed by atoms with van der Waals surface area (Å²) < 4.78 is 30.9. The molecule has 1 aromatic carbocycles. The average molecular weight is 402 g/mol. The summed E-state index contributed by atoms with van der Waals surface area (Å²) in [5, 5.41) is 5.44. The van der Waals surface area contributed by atoms with Crippen molar-refractivity contribution in [3.8, 4) is 0 Å². The van der Waals surface area contributed by atoms with Gasteiger partial charge in [-0.25, -0.2) is 18.2 Å². The molecule has 2 aliphatic rings. The lowest BCUT2D eigenvalue weighted by Gasteiger charge is -2.39. The molecule has 148 valence electrons. The summed E-state index contributed by atoms with van der Waals surface area (Å²) >= 11 is 0. The summed E-state index contributed by atoms with van der Waals surface area (Å²) in [7, 11) is -3.25. The fourth-order valence-electron chi connectivity index (χ4n) is 3.38. The first-order valence-corrected chi connectivity index (χ1v) is 10.8. The van der Waals surface area contributed by atoms with Gasteiger partial charge in [0.25, 0.3) is 0 Å². The molecule has 2 amide bonds. The van der Waals surface area contributed by atoms with Crippen molar-refractivity contribution in [2.24, 2.45) is 0 Å². The Morgan fingerprint density at radius 3 is 2.68 bits per heavy atom. The van der Waals surface area contributed by atoms with E-state index in [0.29, 0.717) is 30.2 Å². The molecule has 8 nitrogen and oxygen atoms in total. The van der Waals surface area contributed by atoms with Crippen LogP contribution in [0.4, 0.5) is 22.0 Å². The fourth-order valence-corrected chi connectivity index (χ4v) is 4.93. The van der Waals surface area contributed by atoms with Crippen LogP contribution in [0.15, 0.2) is 42.6 Å². The Hall–Kier alpha value is -2.65. The van der Waals surface area contributed by atoms with Crippen molar-refractivity contribution in [2.45, 2.75) is 25.4 Å². The van der Waals surface area contributed by atoms with Crippen molar-refractivity contribution in [1.29, 1.82) is 0 Å². The zero-order valence-corrected chi connectivity index (χ0v) is 16.3. The minimum Gasteiger partial charge on any atom is -0.370 e. The maximum Gasteiger partial charge on any atom is 0.324 e. The first-order valence-electron chi connectivity index (χ1n) is 9.15. The highest BCUT2D eigenvalue weighted by Crippen LogP contribution is 2.37. The second kappa shape index (κ2) is 7.06. The molecule has 2 N–H and O–H groups in total. The number of ether oxygens (including phenoxy) is 1. The summed E-state index contributed by atoms with van der Waals surface area (Å²) in [5.74, 6) is 0.488. The Labute approximate surface area is 164 Å². The zero-order valence-electron chi connectivity index (χ0n) is 15.5. The van der Waals surface area contributed by atoms with E-state index in [2.05, 4.69) is 15.6 Å². The van der Waals surface area contributed by atoms with Gasteiger partial charge < -0.3 is 10.1 Å². The highest BCUT2D eigenvalue weighted by molar-refractivity contribution is 7.93. The van der Waals surface area contributed by atoms with Crippen LogP contribution in [-0.2, 0) is 20.4 Å². The number of rotatable bonds is 4. The molecule has 2 saturated heterocycles. The fraction of sp³-hybridized carbons (Fsp3) is 0.368. The van der Waals surface area contributed by atoms with Gasteiger partial charge in [0.05, 0.1) is 29.8 Å². The molecule has 0 spiro atoms. The number of pyridine rings is 1. The van der Waals surface area contributed by atoms with Crippen molar-refractivity contribution >= 4 is 33.2 Å².